The SMILES string of the molecule is COc1c(CC(C)C(=O)O)cccc1OC1CCCOC1. The zero-order valence-electron chi connectivity index (χ0n) is 12.5. The molecule has 0 amide bonds. The normalized spacial score (nSPS) is 19.8. The van der Waals surface area contributed by atoms with Gasteiger partial charge in [0.2, 0.25) is 0 Å². The Kier molecular flexibility index (Phi) is 5.44. The van der Waals surface area contributed by atoms with E-state index < -0.39 is 11.9 Å². The van der Waals surface area contributed by atoms with Gasteiger partial charge in [0.25, 0.3) is 0 Å². The first kappa shape index (κ1) is 15.6. The molecule has 2 atom stereocenters. The quantitative estimate of drug-likeness (QED) is 0.873. The Labute approximate surface area is 124 Å². The first-order valence-electron chi connectivity index (χ1n) is 7.25. The molecule has 1 aromatic rings. The highest BCUT2D eigenvalue weighted by molar-refractivity contribution is 5.70. The summed E-state index contributed by atoms with van der Waals surface area (Å²) in [5.74, 6) is -0.00418. The summed E-state index contributed by atoms with van der Waals surface area (Å²) in [4.78, 5) is 11.0. The number of carboxylic acids is 1. The predicted octanol–water partition coefficient (Wildman–Crippen LogP) is 2.52. The third-order valence-corrected chi connectivity index (χ3v) is 3.62. The largest absolute Gasteiger partial charge is 0.493 e. The second-order valence-corrected chi connectivity index (χ2v) is 5.35. The molecule has 21 heavy (non-hydrogen) atoms. The molecule has 1 heterocycles. The number of benzene rings is 1. The maximum Gasteiger partial charge on any atom is 0.306 e. The van der Waals surface area contributed by atoms with Crippen LogP contribution in [0.15, 0.2) is 18.2 Å². The molecule has 1 aliphatic heterocycles. The van der Waals surface area contributed by atoms with Crippen LogP contribution >= 0.6 is 0 Å². The standard InChI is InChI=1S/C16H22O5/c1-11(16(17)18)9-12-5-3-7-14(15(12)19-2)21-13-6-4-8-20-10-13/h3,5,7,11,13H,4,6,8-10H2,1-2H3,(H,17,18). The minimum atomic E-state index is -0.816. The molecule has 1 fully saturated rings. The van der Waals surface area contributed by atoms with E-state index in [4.69, 9.17) is 19.3 Å². The molecule has 2 unspecified atom stereocenters. The highest BCUT2D eigenvalue weighted by atomic mass is 16.5. The van der Waals surface area contributed by atoms with Crippen LogP contribution in [0.25, 0.3) is 0 Å². The molecule has 0 aromatic heterocycles. The summed E-state index contributed by atoms with van der Waals surface area (Å²) in [6.45, 7) is 3.05. The van der Waals surface area contributed by atoms with Crippen molar-refractivity contribution in [3.05, 3.63) is 23.8 Å². The van der Waals surface area contributed by atoms with Crippen LogP contribution in [0.5, 0.6) is 11.5 Å². The molecule has 2 rings (SSSR count). The lowest BCUT2D eigenvalue weighted by molar-refractivity contribution is -0.141. The van der Waals surface area contributed by atoms with Gasteiger partial charge in [0, 0.05) is 6.61 Å². The summed E-state index contributed by atoms with van der Waals surface area (Å²) < 4.78 is 16.8. The highest BCUT2D eigenvalue weighted by Gasteiger charge is 2.20. The number of hydrogen-bond donors (Lipinski definition) is 1. The summed E-state index contributed by atoms with van der Waals surface area (Å²) in [7, 11) is 1.58. The lowest BCUT2D eigenvalue weighted by Gasteiger charge is -2.25. The summed E-state index contributed by atoms with van der Waals surface area (Å²) in [5.41, 5.74) is 0.849. The average Bonchev–Trinajstić information content (AvgIpc) is 2.48. The molecule has 116 valence electrons. The van der Waals surface area contributed by atoms with Crippen molar-refractivity contribution in [2.45, 2.75) is 32.3 Å². The van der Waals surface area contributed by atoms with E-state index in [1.165, 1.54) is 0 Å². The van der Waals surface area contributed by atoms with Gasteiger partial charge in [0.05, 0.1) is 19.6 Å². The number of carbonyl (C=O) groups is 1. The Morgan fingerprint density at radius 2 is 2.33 bits per heavy atom. The van der Waals surface area contributed by atoms with Crippen LogP contribution in [-0.4, -0.2) is 37.5 Å². The molecule has 1 aliphatic rings. The van der Waals surface area contributed by atoms with Crippen LogP contribution in [0.4, 0.5) is 0 Å². The van der Waals surface area contributed by atoms with Crippen LogP contribution in [-0.2, 0) is 16.0 Å². The fourth-order valence-corrected chi connectivity index (χ4v) is 2.45. The fraction of sp³-hybridized carbons (Fsp3) is 0.562. The maximum atomic E-state index is 11.0. The minimum absolute atomic E-state index is 0.0276. The Bertz CT molecular complexity index is 480. The topological polar surface area (TPSA) is 65.0 Å². The lowest BCUT2D eigenvalue weighted by Crippen LogP contribution is -2.28. The number of rotatable bonds is 6. The first-order chi connectivity index (χ1) is 10.1. The number of ether oxygens (including phenoxy) is 3. The number of aliphatic carboxylic acids is 1. The number of hydrogen-bond acceptors (Lipinski definition) is 4. The molecule has 5 heteroatoms. The van der Waals surface area contributed by atoms with Gasteiger partial charge in [-0.25, -0.2) is 0 Å². The van der Waals surface area contributed by atoms with E-state index in [1.807, 2.05) is 18.2 Å². The third kappa shape index (κ3) is 4.11. The van der Waals surface area contributed by atoms with Gasteiger partial charge in [-0.3, -0.25) is 4.79 Å². The molecule has 0 spiro atoms. The highest BCUT2D eigenvalue weighted by Crippen LogP contribution is 2.34. The second-order valence-electron chi connectivity index (χ2n) is 5.35. The van der Waals surface area contributed by atoms with Crippen molar-refractivity contribution in [2.75, 3.05) is 20.3 Å². The molecule has 1 saturated heterocycles. The van der Waals surface area contributed by atoms with Gasteiger partial charge in [-0.1, -0.05) is 19.1 Å². The van der Waals surface area contributed by atoms with E-state index in [-0.39, 0.29) is 6.10 Å². The van der Waals surface area contributed by atoms with Crippen molar-refractivity contribution in [2.24, 2.45) is 5.92 Å². The Morgan fingerprint density at radius 1 is 1.52 bits per heavy atom. The molecule has 0 aliphatic carbocycles. The number of para-hydroxylation sites is 1. The van der Waals surface area contributed by atoms with Crippen molar-refractivity contribution in [3.63, 3.8) is 0 Å². The molecule has 1 N–H and O–H groups in total. The Morgan fingerprint density at radius 3 is 2.95 bits per heavy atom. The van der Waals surface area contributed by atoms with Gasteiger partial charge in [0.15, 0.2) is 11.5 Å². The van der Waals surface area contributed by atoms with Crippen LogP contribution in [0, 0.1) is 5.92 Å². The second kappa shape index (κ2) is 7.31. The monoisotopic (exact) mass is 294 g/mol. The van der Waals surface area contributed by atoms with Crippen LogP contribution in [0.1, 0.15) is 25.3 Å². The molecular formula is C16H22O5. The van der Waals surface area contributed by atoms with E-state index in [0.717, 1.165) is 25.0 Å². The zero-order valence-corrected chi connectivity index (χ0v) is 12.5. The number of methoxy groups -OCH3 is 1. The summed E-state index contributed by atoms with van der Waals surface area (Å²) in [6.07, 6.45) is 2.39. The van der Waals surface area contributed by atoms with Crippen molar-refractivity contribution in [1.29, 1.82) is 0 Å². The summed E-state index contributed by atoms with van der Waals surface area (Å²) in [5, 5.41) is 9.05. The Balaban J connectivity index is 2.15. The molecular weight excluding hydrogens is 272 g/mol. The van der Waals surface area contributed by atoms with Gasteiger partial charge < -0.3 is 19.3 Å². The predicted molar refractivity (Wildman–Crippen MR) is 78.0 cm³/mol. The fourth-order valence-electron chi connectivity index (χ4n) is 2.45. The van der Waals surface area contributed by atoms with E-state index in [0.29, 0.717) is 24.5 Å². The lowest BCUT2D eigenvalue weighted by atomic mass is 10.00. The third-order valence-electron chi connectivity index (χ3n) is 3.62. The summed E-state index contributed by atoms with van der Waals surface area (Å²) in [6, 6.07) is 5.59. The number of carboxylic acid groups (broad SMARTS) is 1. The van der Waals surface area contributed by atoms with Crippen LogP contribution in [0.3, 0.4) is 0 Å². The van der Waals surface area contributed by atoms with Gasteiger partial charge >= 0.3 is 5.97 Å². The first-order valence-corrected chi connectivity index (χ1v) is 7.25. The van der Waals surface area contributed by atoms with E-state index in [9.17, 15) is 4.79 Å². The molecule has 0 saturated carbocycles. The van der Waals surface area contributed by atoms with Crippen molar-refractivity contribution < 1.29 is 24.1 Å². The van der Waals surface area contributed by atoms with Crippen LogP contribution < -0.4 is 9.47 Å². The van der Waals surface area contributed by atoms with Gasteiger partial charge in [-0.15, -0.1) is 0 Å². The Hall–Kier alpha value is -1.75. The van der Waals surface area contributed by atoms with Crippen LogP contribution in [0.2, 0.25) is 0 Å². The van der Waals surface area contributed by atoms with E-state index in [1.54, 1.807) is 14.0 Å². The van der Waals surface area contributed by atoms with Crippen molar-refractivity contribution in [1.82, 2.24) is 0 Å². The molecule has 5 nitrogen and oxygen atoms in total. The zero-order chi connectivity index (χ0) is 15.2. The van der Waals surface area contributed by atoms with E-state index >= 15 is 0 Å². The smallest absolute Gasteiger partial charge is 0.306 e. The average molecular weight is 294 g/mol. The van der Waals surface area contributed by atoms with Gasteiger partial charge in [-0.05, 0) is 30.9 Å². The minimum Gasteiger partial charge on any atom is -0.493 e. The van der Waals surface area contributed by atoms with E-state index in [2.05, 4.69) is 0 Å². The maximum absolute atomic E-state index is 11.0. The molecule has 0 radical (unpaired) electrons. The van der Waals surface area contributed by atoms with Gasteiger partial charge in [-0.2, -0.15) is 0 Å². The summed E-state index contributed by atoms with van der Waals surface area (Å²) >= 11 is 0. The van der Waals surface area contributed by atoms with Crippen molar-refractivity contribution in [3.8, 4) is 11.5 Å². The van der Waals surface area contributed by atoms with Crippen molar-refractivity contribution >= 4 is 5.97 Å². The van der Waals surface area contributed by atoms with Gasteiger partial charge in [0.1, 0.15) is 6.10 Å². The molecule has 0 bridgehead atoms. The molecule has 1 aromatic carbocycles.